The lowest BCUT2D eigenvalue weighted by Crippen LogP contribution is -2.58. The van der Waals surface area contributed by atoms with Crippen molar-refractivity contribution in [3.05, 3.63) is 42.7 Å². The molecule has 6 rings (SSSR count). The molecule has 1 amide bonds. The third-order valence-corrected chi connectivity index (χ3v) is 8.58. The summed E-state index contributed by atoms with van der Waals surface area (Å²) < 4.78 is 3.32. The Bertz CT molecular complexity index is 1210. The molecule has 1 N–H and O–H groups in total. The maximum atomic E-state index is 13.0. The summed E-state index contributed by atoms with van der Waals surface area (Å²) in [5.41, 5.74) is 0.756. The van der Waals surface area contributed by atoms with Crippen LogP contribution in [0.3, 0.4) is 0 Å². The van der Waals surface area contributed by atoms with Gasteiger partial charge in [0.1, 0.15) is 0 Å². The normalized spacial score (nSPS) is 28.9. The zero-order chi connectivity index (χ0) is 25.1. The van der Waals surface area contributed by atoms with E-state index in [0.29, 0.717) is 42.7 Å². The summed E-state index contributed by atoms with van der Waals surface area (Å²) in [6.45, 7) is 4.20. The quantitative estimate of drug-likeness (QED) is 0.424. The third kappa shape index (κ3) is 4.07. The van der Waals surface area contributed by atoms with E-state index in [2.05, 4.69) is 15.5 Å². The number of carbonyl (C=O) groups excluding carboxylic acids is 1. The van der Waals surface area contributed by atoms with E-state index >= 15 is 0 Å². The summed E-state index contributed by atoms with van der Waals surface area (Å²) >= 11 is 6.27. The van der Waals surface area contributed by atoms with Gasteiger partial charge in [-0.1, -0.05) is 11.6 Å². The molecule has 188 valence electrons. The first-order valence-corrected chi connectivity index (χ1v) is 12.2. The monoisotopic (exact) mass is 505 g/mol. The summed E-state index contributed by atoms with van der Waals surface area (Å²) in [7, 11) is 0. The molecule has 4 saturated carbocycles. The van der Waals surface area contributed by atoms with Crippen molar-refractivity contribution >= 4 is 29.1 Å². The van der Waals surface area contributed by atoms with E-state index in [-0.39, 0.29) is 33.5 Å². The van der Waals surface area contributed by atoms with Gasteiger partial charge in [-0.15, -0.1) is 0 Å². The number of amides is 1. The van der Waals surface area contributed by atoms with Crippen LogP contribution in [0, 0.1) is 51.3 Å². The van der Waals surface area contributed by atoms with E-state index in [0.717, 1.165) is 38.5 Å². The van der Waals surface area contributed by atoms with Crippen molar-refractivity contribution in [2.75, 3.05) is 6.54 Å². The molecule has 2 aromatic rings. The van der Waals surface area contributed by atoms with Gasteiger partial charge < -0.3 is 25.5 Å². The molecule has 0 aromatic carbocycles. The fourth-order valence-electron chi connectivity index (χ4n) is 7.42. The van der Waals surface area contributed by atoms with Gasteiger partial charge in [0, 0.05) is 13.0 Å². The van der Waals surface area contributed by atoms with Crippen molar-refractivity contribution in [1.82, 2.24) is 24.9 Å². The number of rotatable bonds is 8. The Balaban J connectivity index is 1.29. The summed E-state index contributed by atoms with van der Waals surface area (Å²) in [6, 6.07) is 1.41. The van der Waals surface area contributed by atoms with E-state index in [9.17, 15) is 25.0 Å². The smallest absolute Gasteiger partial charge is 0.358 e. The summed E-state index contributed by atoms with van der Waals surface area (Å²) in [6.07, 6.45) is 6.01. The van der Waals surface area contributed by atoms with Crippen LogP contribution in [0.25, 0.3) is 0 Å². The van der Waals surface area contributed by atoms with Gasteiger partial charge in [-0.05, 0) is 79.5 Å². The second-order valence-corrected chi connectivity index (χ2v) is 11.1. The Morgan fingerprint density at radius 3 is 2.43 bits per heavy atom. The molecule has 4 bridgehead atoms. The summed E-state index contributed by atoms with van der Waals surface area (Å²) in [4.78, 5) is 34.3. The Morgan fingerprint density at radius 2 is 1.86 bits per heavy atom. The van der Waals surface area contributed by atoms with E-state index in [1.54, 1.807) is 18.5 Å². The molecule has 0 saturated heterocycles. The molecule has 35 heavy (non-hydrogen) atoms. The molecule has 4 fully saturated rings. The maximum absolute atomic E-state index is 13.0. The molecule has 0 aliphatic heterocycles. The fraction of sp³-hybridized carbons (Fsp3) is 0.682. The van der Waals surface area contributed by atoms with Gasteiger partial charge in [0.2, 0.25) is 5.91 Å². The van der Waals surface area contributed by atoms with Crippen molar-refractivity contribution in [3.63, 3.8) is 0 Å². The van der Waals surface area contributed by atoms with Crippen LogP contribution in [0.2, 0.25) is 5.02 Å². The number of halogens is 1. The highest BCUT2D eigenvalue weighted by Crippen LogP contribution is 2.65. The van der Waals surface area contributed by atoms with Crippen molar-refractivity contribution in [2.45, 2.75) is 70.9 Å². The molecule has 4 aliphatic carbocycles. The topological polar surface area (TPSA) is 151 Å². The summed E-state index contributed by atoms with van der Waals surface area (Å²) in [5.74, 6) is 0.348. The van der Waals surface area contributed by atoms with Crippen LogP contribution in [0.15, 0.2) is 6.07 Å². The van der Waals surface area contributed by atoms with Crippen molar-refractivity contribution in [2.24, 2.45) is 17.3 Å². The predicted octanol–water partition coefficient (Wildman–Crippen LogP) is 3.67. The van der Waals surface area contributed by atoms with Crippen LogP contribution < -0.4 is 5.32 Å². The van der Waals surface area contributed by atoms with Crippen LogP contribution in [0.5, 0.6) is 0 Å². The third-order valence-electron chi connectivity index (χ3n) is 8.14. The van der Waals surface area contributed by atoms with Crippen LogP contribution in [0.1, 0.15) is 56.3 Å². The number of hydrogen-bond acceptors (Lipinski definition) is 7. The number of carbonyl (C=O) groups is 1. The average Bonchev–Trinajstić information content (AvgIpc) is 3.27. The number of aryl methyl sites for hydroxylation is 1. The summed E-state index contributed by atoms with van der Waals surface area (Å²) in [5, 5.41) is 33.7. The lowest BCUT2D eigenvalue weighted by molar-refractivity contribution is -0.390. The van der Waals surface area contributed by atoms with Crippen molar-refractivity contribution in [3.8, 4) is 0 Å². The van der Waals surface area contributed by atoms with Crippen LogP contribution in [0.4, 0.5) is 11.6 Å². The molecule has 2 heterocycles. The maximum Gasteiger partial charge on any atom is 0.408 e. The Kier molecular flexibility index (Phi) is 5.61. The second-order valence-electron chi connectivity index (χ2n) is 10.7. The van der Waals surface area contributed by atoms with E-state index in [4.69, 9.17) is 11.6 Å². The first kappa shape index (κ1) is 23.7. The molecule has 0 spiro atoms. The number of nitrogens with one attached hydrogen (secondary N) is 1. The Labute approximate surface area is 206 Å². The average molecular weight is 506 g/mol. The SMILES string of the molecule is Cc1cc([N+](=O)[O-])nn1CCNC(=O)CC12CC3CC(C1)CC(n1nc([N+](=O)[O-])c(Cl)c1C)(C3)C2. The highest BCUT2D eigenvalue weighted by molar-refractivity contribution is 6.33. The van der Waals surface area contributed by atoms with Crippen molar-refractivity contribution in [1.29, 1.82) is 0 Å². The predicted molar refractivity (Wildman–Crippen MR) is 125 cm³/mol. The first-order chi connectivity index (χ1) is 16.5. The molecule has 13 heteroatoms. The minimum Gasteiger partial charge on any atom is -0.358 e. The van der Waals surface area contributed by atoms with E-state index in [1.807, 2.05) is 0 Å². The zero-order valence-corrected chi connectivity index (χ0v) is 20.5. The minimum absolute atomic E-state index is 0.0531. The van der Waals surface area contributed by atoms with Gasteiger partial charge in [0.25, 0.3) is 0 Å². The van der Waals surface area contributed by atoms with Gasteiger partial charge in [0.05, 0.1) is 39.7 Å². The number of hydrogen-bond donors (Lipinski definition) is 1. The largest absolute Gasteiger partial charge is 0.408 e. The number of nitro groups is 2. The Morgan fingerprint density at radius 1 is 1.17 bits per heavy atom. The Hall–Kier alpha value is -3.02. The molecule has 2 aromatic heterocycles. The molecular weight excluding hydrogens is 478 g/mol. The number of nitrogens with zero attached hydrogens (tertiary/aromatic N) is 6. The van der Waals surface area contributed by atoms with Crippen LogP contribution >= 0.6 is 11.6 Å². The molecule has 2 unspecified atom stereocenters. The first-order valence-electron chi connectivity index (χ1n) is 11.9. The van der Waals surface area contributed by atoms with Gasteiger partial charge >= 0.3 is 11.6 Å². The van der Waals surface area contributed by atoms with Gasteiger partial charge in [-0.25, -0.2) is 0 Å². The van der Waals surface area contributed by atoms with Crippen LogP contribution in [-0.2, 0) is 16.9 Å². The fourth-order valence-corrected chi connectivity index (χ4v) is 7.60. The molecular formula is C22H28ClN7O5. The van der Waals surface area contributed by atoms with Gasteiger partial charge in [-0.2, -0.15) is 9.36 Å². The number of aromatic nitrogens is 4. The van der Waals surface area contributed by atoms with Gasteiger partial charge in [-0.3, -0.25) is 4.79 Å². The molecule has 2 atom stereocenters. The van der Waals surface area contributed by atoms with Crippen molar-refractivity contribution < 1.29 is 14.6 Å². The van der Waals surface area contributed by atoms with Gasteiger partial charge in [0.15, 0.2) is 5.02 Å². The lowest BCUT2D eigenvalue weighted by Gasteiger charge is -2.61. The standard InChI is InChI=1S/C22H28ClN7O5/c1-13-5-17(29(32)33)25-27(13)4-3-24-18(31)11-21-7-15-6-16(8-21)10-22(9-15,12-21)28-14(2)19(23)20(26-28)30(34)35/h5,15-16H,3-4,6-12H2,1-2H3,(H,24,31). The van der Waals surface area contributed by atoms with E-state index < -0.39 is 9.85 Å². The molecule has 4 aliphatic rings. The minimum atomic E-state index is -0.536. The zero-order valence-electron chi connectivity index (χ0n) is 19.7. The van der Waals surface area contributed by atoms with Crippen LogP contribution in [-0.4, -0.2) is 41.9 Å². The van der Waals surface area contributed by atoms with E-state index in [1.165, 1.54) is 10.7 Å². The highest BCUT2D eigenvalue weighted by atomic mass is 35.5. The highest BCUT2D eigenvalue weighted by Gasteiger charge is 2.60. The molecule has 0 radical (unpaired) electrons. The lowest BCUT2D eigenvalue weighted by atomic mass is 9.46. The second kappa shape index (κ2) is 8.28. The molecule has 12 nitrogen and oxygen atoms in total.